The monoisotopic (exact) mass is 427 g/mol. The lowest BCUT2D eigenvalue weighted by atomic mass is 9.81. The van der Waals surface area contributed by atoms with Crippen LogP contribution in [0.4, 0.5) is 4.39 Å². The third-order valence-corrected chi connectivity index (χ3v) is 7.87. The quantitative estimate of drug-likeness (QED) is 0.410. The standard InChI is InChI=1S/C24H26FNO5/c25-17-7-3-13(4-8-17)19(27)12-31-24(30)14-5-9-18(10-6-14)26-22(28)20-15-1-2-16(11-15)21(20)23(26)29/h3-4,7-8,14-16,18,20-21H,1-2,5-6,9-12H2/t14?,15-,16+,18?,20-,21+. The molecule has 1 aromatic rings. The zero-order chi connectivity index (χ0) is 21.7. The van der Waals surface area contributed by atoms with Crippen molar-refractivity contribution in [3.05, 3.63) is 35.6 Å². The molecule has 0 spiro atoms. The molecule has 3 saturated carbocycles. The van der Waals surface area contributed by atoms with Crippen molar-refractivity contribution in [1.82, 2.24) is 4.90 Å². The SMILES string of the molecule is O=C(COC(=O)C1CCC(N2C(=O)[C@@H]3[C@@H]4CC[C@@H](C4)[C@@H]3C2=O)CC1)c1ccc(F)cc1. The number of rotatable bonds is 5. The molecule has 1 aliphatic heterocycles. The van der Waals surface area contributed by atoms with Crippen LogP contribution >= 0.6 is 0 Å². The normalized spacial score (nSPS) is 34.2. The molecule has 1 heterocycles. The van der Waals surface area contributed by atoms with Gasteiger partial charge >= 0.3 is 5.97 Å². The molecule has 4 atom stereocenters. The fourth-order valence-corrected chi connectivity index (χ4v) is 6.34. The molecule has 31 heavy (non-hydrogen) atoms. The Kier molecular flexibility index (Phi) is 5.15. The summed E-state index contributed by atoms with van der Waals surface area (Å²) in [5, 5.41) is 0. The number of benzene rings is 1. The lowest BCUT2D eigenvalue weighted by molar-refractivity contribution is -0.149. The van der Waals surface area contributed by atoms with Gasteiger partial charge in [0, 0.05) is 11.6 Å². The summed E-state index contributed by atoms with van der Waals surface area (Å²) >= 11 is 0. The Balaban J connectivity index is 1.13. The van der Waals surface area contributed by atoms with E-state index in [1.165, 1.54) is 29.2 Å². The molecule has 0 radical (unpaired) electrons. The van der Waals surface area contributed by atoms with Gasteiger partial charge in [-0.3, -0.25) is 24.1 Å². The molecule has 0 unspecified atom stereocenters. The molecule has 3 aliphatic carbocycles. The fraction of sp³-hybridized carbons (Fsp3) is 0.583. The van der Waals surface area contributed by atoms with E-state index in [9.17, 15) is 23.6 Å². The van der Waals surface area contributed by atoms with Crippen LogP contribution < -0.4 is 0 Å². The first kappa shape index (κ1) is 20.3. The molecule has 6 nitrogen and oxygen atoms in total. The van der Waals surface area contributed by atoms with Gasteiger partial charge in [-0.2, -0.15) is 0 Å². The Bertz CT molecular complexity index is 892. The molecule has 2 amide bonds. The Hall–Kier alpha value is -2.57. The van der Waals surface area contributed by atoms with Crippen molar-refractivity contribution in [2.24, 2.45) is 29.6 Å². The Morgan fingerprint density at radius 3 is 2.06 bits per heavy atom. The molecule has 2 bridgehead atoms. The lowest BCUT2D eigenvalue weighted by Gasteiger charge is -2.33. The summed E-state index contributed by atoms with van der Waals surface area (Å²) in [5.41, 5.74) is 0.295. The molecule has 0 N–H and O–H groups in total. The highest BCUT2D eigenvalue weighted by Crippen LogP contribution is 2.56. The Morgan fingerprint density at radius 2 is 1.48 bits per heavy atom. The summed E-state index contributed by atoms with van der Waals surface area (Å²) in [4.78, 5) is 52.0. The Labute approximate surface area is 180 Å². The smallest absolute Gasteiger partial charge is 0.309 e. The molecule has 5 rings (SSSR count). The second-order valence-corrected chi connectivity index (χ2v) is 9.47. The average Bonchev–Trinajstić information content (AvgIpc) is 3.46. The van der Waals surface area contributed by atoms with Crippen molar-refractivity contribution < 1.29 is 28.3 Å². The van der Waals surface area contributed by atoms with Gasteiger partial charge in [-0.05, 0) is 81.0 Å². The molecular weight excluding hydrogens is 401 g/mol. The zero-order valence-corrected chi connectivity index (χ0v) is 17.3. The molecule has 7 heteroatoms. The number of nitrogens with zero attached hydrogens (tertiary/aromatic N) is 1. The zero-order valence-electron chi connectivity index (χ0n) is 17.3. The van der Waals surface area contributed by atoms with E-state index in [1.54, 1.807) is 0 Å². The van der Waals surface area contributed by atoms with Gasteiger partial charge in [-0.25, -0.2) is 4.39 Å². The van der Waals surface area contributed by atoms with Gasteiger partial charge < -0.3 is 4.74 Å². The van der Waals surface area contributed by atoms with Crippen LogP contribution in [-0.2, 0) is 19.1 Å². The minimum atomic E-state index is -0.434. The van der Waals surface area contributed by atoms with Crippen LogP contribution in [0.3, 0.4) is 0 Å². The van der Waals surface area contributed by atoms with E-state index in [0.717, 1.165) is 19.3 Å². The number of esters is 1. The number of halogens is 1. The van der Waals surface area contributed by atoms with Gasteiger partial charge in [0.25, 0.3) is 0 Å². The van der Waals surface area contributed by atoms with Crippen LogP contribution in [0.25, 0.3) is 0 Å². The van der Waals surface area contributed by atoms with E-state index < -0.39 is 11.8 Å². The maximum atomic E-state index is 13.0. The van der Waals surface area contributed by atoms with E-state index >= 15 is 0 Å². The maximum Gasteiger partial charge on any atom is 0.309 e. The molecule has 1 saturated heterocycles. The van der Waals surface area contributed by atoms with E-state index in [0.29, 0.717) is 43.1 Å². The van der Waals surface area contributed by atoms with E-state index in [2.05, 4.69) is 0 Å². The van der Waals surface area contributed by atoms with Crippen LogP contribution in [0.15, 0.2) is 24.3 Å². The highest BCUT2D eigenvalue weighted by molar-refractivity contribution is 6.06. The number of amides is 2. The molecular formula is C24H26FNO5. The van der Waals surface area contributed by atoms with Crippen LogP contribution in [0.1, 0.15) is 55.3 Å². The number of imide groups is 1. The first-order chi connectivity index (χ1) is 14.9. The van der Waals surface area contributed by atoms with Gasteiger partial charge in [0.15, 0.2) is 12.4 Å². The number of hydrogen-bond donors (Lipinski definition) is 0. The second-order valence-electron chi connectivity index (χ2n) is 9.47. The average molecular weight is 427 g/mol. The third-order valence-electron chi connectivity index (χ3n) is 7.87. The van der Waals surface area contributed by atoms with E-state index in [4.69, 9.17) is 4.74 Å². The van der Waals surface area contributed by atoms with Gasteiger partial charge in [0.1, 0.15) is 5.82 Å². The van der Waals surface area contributed by atoms with Crippen molar-refractivity contribution in [3.63, 3.8) is 0 Å². The van der Waals surface area contributed by atoms with Gasteiger partial charge in [0.05, 0.1) is 17.8 Å². The number of fused-ring (bicyclic) bond motifs is 5. The van der Waals surface area contributed by atoms with Crippen LogP contribution in [0, 0.1) is 35.4 Å². The molecule has 4 fully saturated rings. The predicted molar refractivity (Wildman–Crippen MR) is 107 cm³/mol. The Morgan fingerprint density at radius 1 is 0.903 bits per heavy atom. The molecule has 164 valence electrons. The number of carbonyl (C=O) groups excluding carboxylic acids is 4. The minimum absolute atomic E-state index is 0.0121. The summed E-state index contributed by atoms with van der Waals surface area (Å²) in [5.74, 6) is -1.01. The van der Waals surface area contributed by atoms with Crippen molar-refractivity contribution in [3.8, 4) is 0 Å². The van der Waals surface area contributed by atoms with Crippen LogP contribution in [0.5, 0.6) is 0 Å². The third kappa shape index (κ3) is 3.48. The first-order valence-corrected chi connectivity index (χ1v) is 11.3. The second kappa shape index (κ2) is 7.84. The van der Waals surface area contributed by atoms with Crippen LogP contribution in [-0.4, -0.2) is 41.1 Å². The molecule has 1 aromatic carbocycles. The number of ketones is 1. The molecule has 0 aromatic heterocycles. The van der Waals surface area contributed by atoms with Crippen molar-refractivity contribution >= 4 is 23.6 Å². The lowest BCUT2D eigenvalue weighted by Crippen LogP contribution is -2.44. The number of hydrogen-bond acceptors (Lipinski definition) is 5. The maximum absolute atomic E-state index is 13.0. The van der Waals surface area contributed by atoms with E-state index in [-0.39, 0.29) is 48.0 Å². The van der Waals surface area contributed by atoms with Crippen molar-refractivity contribution in [2.45, 2.75) is 51.0 Å². The highest BCUT2D eigenvalue weighted by Gasteiger charge is 2.61. The number of Topliss-reactive ketones (excluding diaryl/α,β-unsaturated/α-hetero) is 1. The summed E-state index contributed by atoms with van der Waals surface area (Å²) in [7, 11) is 0. The van der Waals surface area contributed by atoms with Gasteiger partial charge in [0.2, 0.25) is 11.8 Å². The minimum Gasteiger partial charge on any atom is -0.457 e. The largest absolute Gasteiger partial charge is 0.457 e. The summed E-state index contributed by atoms with van der Waals surface area (Å²) < 4.78 is 18.2. The van der Waals surface area contributed by atoms with Crippen molar-refractivity contribution in [2.75, 3.05) is 6.61 Å². The van der Waals surface area contributed by atoms with E-state index in [1.807, 2.05) is 0 Å². The predicted octanol–water partition coefficient (Wildman–Crippen LogP) is 3.14. The number of likely N-dealkylation sites (tertiary alicyclic amines) is 1. The first-order valence-electron chi connectivity index (χ1n) is 11.3. The van der Waals surface area contributed by atoms with Crippen LogP contribution in [0.2, 0.25) is 0 Å². The van der Waals surface area contributed by atoms with Crippen molar-refractivity contribution in [1.29, 1.82) is 0 Å². The number of ether oxygens (including phenoxy) is 1. The fourth-order valence-electron chi connectivity index (χ4n) is 6.34. The number of carbonyl (C=O) groups is 4. The summed E-state index contributed by atoms with van der Waals surface area (Å²) in [6, 6.07) is 4.98. The van der Waals surface area contributed by atoms with Gasteiger partial charge in [-0.15, -0.1) is 0 Å². The highest BCUT2D eigenvalue weighted by atomic mass is 19.1. The van der Waals surface area contributed by atoms with Gasteiger partial charge in [-0.1, -0.05) is 0 Å². The molecule has 4 aliphatic rings. The summed E-state index contributed by atoms with van der Waals surface area (Å²) in [6.07, 6.45) is 5.41. The summed E-state index contributed by atoms with van der Waals surface area (Å²) in [6.45, 7) is -0.375. The topological polar surface area (TPSA) is 80.8 Å².